The summed E-state index contributed by atoms with van der Waals surface area (Å²) in [6.07, 6.45) is 3.89. The lowest BCUT2D eigenvalue weighted by Gasteiger charge is -2.06. The number of oxazole rings is 1. The van der Waals surface area contributed by atoms with E-state index >= 15 is 0 Å². The molecule has 0 unspecified atom stereocenters. The number of aryl methyl sites for hydroxylation is 1. The van der Waals surface area contributed by atoms with Gasteiger partial charge < -0.3 is 9.15 Å². The Kier molecular flexibility index (Phi) is 3.71. The highest BCUT2D eigenvalue weighted by Gasteiger charge is 2.10. The monoisotopic (exact) mass is 317 g/mol. The first-order chi connectivity index (χ1) is 11.8. The van der Waals surface area contributed by atoms with Crippen LogP contribution >= 0.6 is 0 Å². The number of pyridine rings is 1. The first kappa shape index (κ1) is 14.5. The van der Waals surface area contributed by atoms with Crippen LogP contribution in [0.1, 0.15) is 5.56 Å². The highest BCUT2D eigenvalue weighted by atomic mass is 16.5. The third kappa shape index (κ3) is 2.99. The molecule has 0 radical (unpaired) electrons. The first-order valence-electron chi connectivity index (χ1n) is 7.81. The molecule has 4 heteroatoms. The molecule has 0 aliphatic carbocycles. The Bertz CT molecular complexity index is 960. The zero-order valence-corrected chi connectivity index (χ0v) is 13.3. The Hall–Kier alpha value is -3.14. The van der Waals surface area contributed by atoms with E-state index in [0.717, 1.165) is 28.0 Å². The topological polar surface area (TPSA) is 39.1 Å². The van der Waals surface area contributed by atoms with Crippen LogP contribution in [0.25, 0.3) is 22.6 Å². The molecule has 2 heterocycles. The van der Waals surface area contributed by atoms with Crippen LogP contribution in [0.3, 0.4) is 0 Å². The second-order valence-electron chi connectivity index (χ2n) is 5.68. The fourth-order valence-corrected chi connectivity index (χ4v) is 2.53. The van der Waals surface area contributed by atoms with Crippen molar-refractivity contribution in [2.24, 2.45) is 7.05 Å². The molecule has 24 heavy (non-hydrogen) atoms. The van der Waals surface area contributed by atoms with E-state index in [1.807, 2.05) is 84.7 Å². The van der Waals surface area contributed by atoms with E-state index in [-0.39, 0.29) is 0 Å². The van der Waals surface area contributed by atoms with E-state index in [1.54, 1.807) is 0 Å². The normalized spacial score (nSPS) is 10.9. The molecule has 4 nitrogen and oxygen atoms in total. The third-order valence-electron chi connectivity index (χ3n) is 3.82. The van der Waals surface area contributed by atoms with Gasteiger partial charge in [-0.15, -0.1) is 0 Å². The van der Waals surface area contributed by atoms with Gasteiger partial charge in [0.2, 0.25) is 5.89 Å². The average molecular weight is 317 g/mol. The second kappa shape index (κ2) is 6.16. The predicted octanol–water partition coefficient (Wildman–Crippen LogP) is 3.90. The van der Waals surface area contributed by atoms with E-state index in [4.69, 9.17) is 9.15 Å². The van der Waals surface area contributed by atoms with Gasteiger partial charge in [-0.05, 0) is 29.8 Å². The summed E-state index contributed by atoms with van der Waals surface area (Å²) in [5.41, 5.74) is 3.71. The number of hydrogen-bond acceptors (Lipinski definition) is 3. The molecule has 0 spiro atoms. The molecule has 4 rings (SSSR count). The Morgan fingerprint density at radius 3 is 2.58 bits per heavy atom. The van der Waals surface area contributed by atoms with Crippen LogP contribution < -0.4 is 9.30 Å². The molecule has 0 amide bonds. The molecule has 0 N–H and O–H groups in total. The van der Waals surface area contributed by atoms with Gasteiger partial charge in [0.05, 0.1) is 0 Å². The Morgan fingerprint density at radius 2 is 1.79 bits per heavy atom. The molecule has 0 bridgehead atoms. The number of ether oxygens (including phenoxy) is 1. The smallest absolute Gasteiger partial charge is 0.227 e. The van der Waals surface area contributed by atoms with Gasteiger partial charge in [-0.3, -0.25) is 0 Å². The summed E-state index contributed by atoms with van der Waals surface area (Å²) in [7, 11) is 1.96. The van der Waals surface area contributed by atoms with Crippen molar-refractivity contribution in [3.63, 3.8) is 0 Å². The molecular weight excluding hydrogens is 300 g/mol. The lowest BCUT2D eigenvalue weighted by atomic mass is 10.2. The summed E-state index contributed by atoms with van der Waals surface area (Å²) >= 11 is 0. The minimum absolute atomic E-state index is 0.555. The average Bonchev–Trinajstić information content (AvgIpc) is 3.04. The van der Waals surface area contributed by atoms with Crippen molar-refractivity contribution < 1.29 is 13.7 Å². The summed E-state index contributed by atoms with van der Waals surface area (Å²) in [5, 5.41) is 0. The van der Waals surface area contributed by atoms with E-state index < -0.39 is 0 Å². The molecule has 4 aromatic rings. The molecule has 0 atom stereocenters. The van der Waals surface area contributed by atoms with Crippen molar-refractivity contribution in [3.05, 3.63) is 78.6 Å². The maximum atomic E-state index is 5.81. The van der Waals surface area contributed by atoms with Crippen LogP contribution in [-0.4, -0.2) is 4.98 Å². The Balaban J connectivity index is 1.52. The van der Waals surface area contributed by atoms with Gasteiger partial charge in [0.25, 0.3) is 0 Å². The first-order valence-corrected chi connectivity index (χ1v) is 7.81. The van der Waals surface area contributed by atoms with Crippen LogP contribution in [0.5, 0.6) is 5.75 Å². The van der Waals surface area contributed by atoms with Gasteiger partial charge in [0.15, 0.2) is 23.5 Å². The quantitative estimate of drug-likeness (QED) is 0.536. The lowest BCUT2D eigenvalue weighted by Crippen LogP contribution is -2.25. The number of aromatic nitrogens is 2. The van der Waals surface area contributed by atoms with E-state index in [0.29, 0.717) is 12.5 Å². The molecule has 0 saturated carbocycles. The summed E-state index contributed by atoms with van der Waals surface area (Å²) in [6.45, 7) is 0.555. The molecule has 0 saturated heterocycles. The van der Waals surface area contributed by atoms with Gasteiger partial charge in [-0.2, -0.15) is 0 Å². The number of rotatable bonds is 4. The molecule has 118 valence electrons. The largest absolute Gasteiger partial charge is 0.489 e. The minimum Gasteiger partial charge on any atom is -0.489 e. The third-order valence-corrected chi connectivity index (χ3v) is 3.82. The van der Waals surface area contributed by atoms with Crippen LogP contribution in [0, 0.1) is 0 Å². The van der Waals surface area contributed by atoms with Crippen molar-refractivity contribution in [2.75, 3.05) is 0 Å². The van der Waals surface area contributed by atoms with Crippen LogP contribution in [0.4, 0.5) is 0 Å². The lowest BCUT2D eigenvalue weighted by molar-refractivity contribution is -0.670. The summed E-state index contributed by atoms with van der Waals surface area (Å²) in [5.74, 6) is 1.44. The molecule has 0 aliphatic heterocycles. The highest BCUT2D eigenvalue weighted by Crippen LogP contribution is 2.25. The van der Waals surface area contributed by atoms with Gasteiger partial charge in [-0.1, -0.05) is 30.3 Å². The zero-order chi connectivity index (χ0) is 16.4. The summed E-state index contributed by atoms with van der Waals surface area (Å²) in [6, 6.07) is 19.8. The fraction of sp³-hybridized carbons (Fsp3) is 0.100. The van der Waals surface area contributed by atoms with E-state index in [2.05, 4.69) is 4.98 Å². The van der Waals surface area contributed by atoms with Crippen LogP contribution in [0.15, 0.2) is 77.5 Å². The summed E-state index contributed by atoms with van der Waals surface area (Å²) in [4.78, 5) is 4.54. The number of hydrogen-bond donors (Lipinski definition) is 0. The zero-order valence-electron chi connectivity index (χ0n) is 13.3. The van der Waals surface area contributed by atoms with Gasteiger partial charge in [-0.25, -0.2) is 9.55 Å². The number of nitrogens with zero attached hydrogens (tertiary/aromatic N) is 2. The molecule has 0 aliphatic rings. The van der Waals surface area contributed by atoms with E-state index in [1.165, 1.54) is 0 Å². The van der Waals surface area contributed by atoms with Crippen molar-refractivity contribution >= 4 is 11.1 Å². The molecular formula is C20H17N2O2+. The van der Waals surface area contributed by atoms with Crippen molar-refractivity contribution in [1.82, 2.24) is 4.98 Å². The Morgan fingerprint density at radius 1 is 1.00 bits per heavy atom. The SMILES string of the molecule is C[n+]1ccc2oc(-c3ccc(OCc4ccccc4)cc3)nc2c1. The number of benzene rings is 2. The fourth-order valence-electron chi connectivity index (χ4n) is 2.53. The van der Waals surface area contributed by atoms with Crippen molar-refractivity contribution in [1.29, 1.82) is 0 Å². The Labute approximate surface area is 140 Å². The van der Waals surface area contributed by atoms with Crippen LogP contribution in [0.2, 0.25) is 0 Å². The maximum Gasteiger partial charge on any atom is 0.227 e. The van der Waals surface area contributed by atoms with E-state index in [9.17, 15) is 0 Å². The second-order valence-corrected chi connectivity index (χ2v) is 5.68. The predicted molar refractivity (Wildman–Crippen MR) is 91.4 cm³/mol. The van der Waals surface area contributed by atoms with Crippen molar-refractivity contribution in [2.45, 2.75) is 6.61 Å². The van der Waals surface area contributed by atoms with Gasteiger partial charge in [0.1, 0.15) is 19.4 Å². The van der Waals surface area contributed by atoms with Gasteiger partial charge in [0, 0.05) is 11.6 Å². The molecule has 0 fully saturated rings. The van der Waals surface area contributed by atoms with Crippen molar-refractivity contribution in [3.8, 4) is 17.2 Å². The molecule has 2 aromatic carbocycles. The molecule has 2 aromatic heterocycles. The number of fused-ring (bicyclic) bond motifs is 1. The maximum absolute atomic E-state index is 5.81. The summed E-state index contributed by atoms with van der Waals surface area (Å²) < 4.78 is 13.6. The minimum atomic E-state index is 0.555. The van der Waals surface area contributed by atoms with Crippen LogP contribution in [-0.2, 0) is 13.7 Å². The van der Waals surface area contributed by atoms with Gasteiger partial charge >= 0.3 is 0 Å². The standard InChI is InChI=1S/C20H17N2O2/c1-22-12-11-19-18(13-22)21-20(24-19)16-7-9-17(10-8-16)23-14-15-5-3-2-4-6-15/h2-13H,14H2,1H3/q+1. The highest BCUT2D eigenvalue weighted by molar-refractivity contribution is 5.74.